The summed E-state index contributed by atoms with van der Waals surface area (Å²) in [4.78, 5) is 4.55. The van der Waals surface area contributed by atoms with Gasteiger partial charge in [-0.15, -0.1) is 0 Å². The van der Waals surface area contributed by atoms with Crippen molar-refractivity contribution in [3.8, 4) is 5.75 Å². The van der Waals surface area contributed by atoms with Crippen LogP contribution < -0.4 is 0 Å². The van der Waals surface area contributed by atoms with Gasteiger partial charge in [-0.2, -0.15) is 0 Å². The zero-order valence-corrected chi connectivity index (χ0v) is 10.6. The quantitative estimate of drug-likeness (QED) is 0.878. The van der Waals surface area contributed by atoms with Crippen molar-refractivity contribution in [3.05, 3.63) is 47.5 Å². The smallest absolute Gasteiger partial charge is 0.115 e. The molecule has 0 spiro atoms. The number of benzene rings is 1. The largest absolute Gasteiger partial charge is 0.508 e. The van der Waals surface area contributed by atoms with E-state index >= 15 is 0 Å². The van der Waals surface area contributed by atoms with Crippen molar-refractivity contribution < 1.29 is 5.11 Å². The minimum Gasteiger partial charge on any atom is -0.508 e. The second kappa shape index (κ2) is 4.48. The number of hydrogen-bond donors (Lipinski definition) is 1. The molecule has 1 unspecified atom stereocenters. The predicted molar refractivity (Wildman–Crippen MR) is 70.8 cm³/mol. The first-order chi connectivity index (χ1) is 8.74. The van der Waals surface area contributed by atoms with Crippen molar-refractivity contribution in [2.45, 2.75) is 38.6 Å². The van der Waals surface area contributed by atoms with Crippen molar-refractivity contribution in [1.82, 2.24) is 9.55 Å². The summed E-state index contributed by atoms with van der Waals surface area (Å²) in [5.74, 6) is 2.05. The highest BCUT2D eigenvalue weighted by Gasteiger charge is 2.19. The van der Waals surface area contributed by atoms with Crippen LogP contribution in [0.2, 0.25) is 0 Å². The normalized spacial score (nSPS) is 18.6. The predicted octanol–water partition coefficient (Wildman–Crippen LogP) is 3.08. The van der Waals surface area contributed by atoms with Crippen LogP contribution >= 0.6 is 0 Å². The maximum Gasteiger partial charge on any atom is 0.115 e. The number of aromatic nitrogens is 2. The van der Waals surface area contributed by atoms with Gasteiger partial charge in [0, 0.05) is 24.9 Å². The number of fused-ring (bicyclic) bond motifs is 1. The molecule has 18 heavy (non-hydrogen) atoms. The molecule has 0 bridgehead atoms. The van der Waals surface area contributed by atoms with Crippen molar-refractivity contribution in [2.75, 3.05) is 0 Å². The number of phenolic OH excluding ortho intramolecular Hbond substituents is 1. The molecule has 1 N–H and O–H groups in total. The molecule has 0 saturated heterocycles. The van der Waals surface area contributed by atoms with E-state index in [4.69, 9.17) is 0 Å². The van der Waals surface area contributed by atoms with Gasteiger partial charge < -0.3 is 9.67 Å². The Morgan fingerprint density at radius 3 is 3.17 bits per heavy atom. The van der Waals surface area contributed by atoms with Crippen molar-refractivity contribution in [1.29, 1.82) is 0 Å². The SMILES string of the molecule is CC1CCCn2c1cnc2Cc1cccc(O)c1. The van der Waals surface area contributed by atoms with Crippen LogP contribution in [0.5, 0.6) is 5.75 Å². The van der Waals surface area contributed by atoms with Crippen LogP contribution in [0.1, 0.15) is 42.8 Å². The van der Waals surface area contributed by atoms with E-state index in [0.29, 0.717) is 11.7 Å². The van der Waals surface area contributed by atoms with Gasteiger partial charge in [0.1, 0.15) is 11.6 Å². The number of phenols is 1. The van der Waals surface area contributed by atoms with Crippen molar-refractivity contribution in [2.24, 2.45) is 0 Å². The minimum absolute atomic E-state index is 0.325. The van der Waals surface area contributed by atoms with Gasteiger partial charge in [0.2, 0.25) is 0 Å². The van der Waals surface area contributed by atoms with E-state index in [1.54, 1.807) is 6.07 Å². The highest BCUT2D eigenvalue weighted by Crippen LogP contribution is 2.28. The molecule has 0 aliphatic carbocycles. The Kier molecular flexibility index (Phi) is 2.82. The van der Waals surface area contributed by atoms with Gasteiger partial charge in [0.05, 0.1) is 0 Å². The fourth-order valence-corrected chi connectivity index (χ4v) is 2.77. The molecule has 3 heteroatoms. The van der Waals surface area contributed by atoms with Crippen LogP contribution in [-0.4, -0.2) is 14.7 Å². The summed E-state index contributed by atoms with van der Waals surface area (Å²) < 4.78 is 2.35. The van der Waals surface area contributed by atoms with Gasteiger partial charge in [-0.1, -0.05) is 19.1 Å². The maximum absolute atomic E-state index is 9.49. The van der Waals surface area contributed by atoms with E-state index in [1.807, 2.05) is 24.4 Å². The first-order valence-electron chi connectivity index (χ1n) is 6.56. The highest BCUT2D eigenvalue weighted by molar-refractivity contribution is 5.29. The molecule has 1 aliphatic rings. The second-order valence-electron chi connectivity index (χ2n) is 5.14. The molecule has 3 rings (SSSR count). The minimum atomic E-state index is 0.325. The lowest BCUT2D eigenvalue weighted by atomic mass is 9.98. The van der Waals surface area contributed by atoms with Crippen LogP contribution in [0.15, 0.2) is 30.5 Å². The Balaban J connectivity index is 1.90. The fraction of sp³-hybridized carbons (Fsp3) is 0.400. The Hall–Kier alpha value is -1.77. The molecule has 1 aromatic heterocycles. The third-order valence-electron chi connectivity index (χ3n) is 3.77. The van der Waals surface area contributed by atoms with Crippen molar-refractivity contribution >= 4 is 0 Å². The van der Waals surface area contributed by atoms with E-state index in [0.717, 1.165) is 24.4 Å². The molecule has 2 aromatic rings. The number of rotatable bonds is 2. The van der Waals surface area contributed by atoms with Crippen LogP contribution in [0.3, 0.4) is 0 Å². The number of hydrogen-bond acceptors (Lipinski definition) is 2. The summed E-state index contributed by atoms with van der Waals surface area (Å²) >= 11 is 0. The molecule has 2 heterocycles. The topological polar surface area (TPSA) is 38.0 Å². The van der Waals surface area contributed by atoms with Crippen LogP contribution in [-0.2, 0) is 13.0 Å². The molecule has 94 valence electrons. The van der Waals surface area contributed by atoms with E-state index in [-0.39, 0.29) is 0 Å². The van der Waals surface area contributed by atoms with Gasteiger partial charge in [0.25, 0.3) is 0 Å². The molecular formula is C15H18N2O. The lowest BCUT2D eigenvalue weighted by Crippen LogP contribution is -2.15. The summed E-state index contributed by atoms with van der Waals surface area (Å²) in [5, 5.41) is 9.49. The molecule has 1 aromatic carbocycles. The van der Waals surface area contributed by atoms with E-state index in [9.17, 15) is 5.11 Å². The maximum atomic E-state index is 9.49. The third kappa shape index (κ3) is 2.01. The van der Waals surface area contributed by atoms with E-state index in [2.05, 4.69) is 16.5 Å². The summed E-state index contributed by atoms with van der Waals surface area (Å²) in [7, 11) is 0. The van der Waals surface area contributed by atoms with Crippen LogP contribution in [0, 0.1) is 0 Å². The molecule has 0 fully saturated rings. The van der Waals surface area contributed by atoms with Crippen LogP contribution in [0.25, 0.3) is 0 Å². The number of nitrogens with zero attached hydrogens (tertiary/aromatic N) is 2. The van der Waals surface area contributed by atoms with Gasteiger partial charge in [-0.25, -0.2) is 4.98 Å². The Morgan fingerprint density at radius 1 is 1.44 bits per heavy atom. The first-order valence-corrected chi connectivity index (χ1v) is 6.56. The van der Waals surface area contributed by atoms with Gasteiger partial charge in [-0.3, -0.25) is 0 Å². The Morgan fingerprint density at radius 2 is 2.33 bits per heavy atom. The highest BCUT2D eigenvalue weighted by atomic mass is 16.3. The molecule has 1 atom stereocenters. The molecule has 0 amide bonds. The summed E-state index contributed by atoms with van der Waals surface area (Å²) in [6.07, 6.45) is 5.30. The van der Waals surface area contributed by atoms with Crippen molar-refractivity contribution in [3.63, 3.8) is 0 Å². The summed E-state index contributed by atoms with van der Waals surface area (Å²) in [6, 6.07) is 7.43. The zero-order chi connectivity index (χ0) is 12.5. The van der Waals surface area contributed by atoms with Crippen LogP contribution in [0.4, 0.5) is 0 Å². The van der Waals surface area contributed by atoms with Gasteiger partial charge in [-0.05, 0) is 36.5 Å². The number of imidazole rings is 1. The number of aromatic hydroxyl groups is 1. The van der Waals surface area contributed by atoms with E-state index in [1.165, 1.54) is 18.5 Å². The molecule has 1 aliphatic heterocycles. The lowest BCUT2D eigenvalue weighted by molar-refractivity contribution is 0.464. The third-order valence-corrected chi connectivity index (χ3v) is 3.77. The average molecular weight is 242 g/mol. The van der Waals surface area contributed by atoms with Gasteiger partial charge >= 0.3 is 0 Å². The summed E-state index contributed by atoms with van der Waals surface area (Å²) in [6.45, 7) is 3.35. The average Bonchev–Trinajstić information content (AvgIpc) is 2.74. The Labute approximate surface area is 107 Å². The summed E-state index contributed by atoms with van der Waals surface area (Å²) in [5.41, 5.74) is 2.47. The molecular weight excluding hydrogens is 224 g/mol. The molecule has 3 nitrogen and oxygen atoms in total. The lowest BCUT2D eigenvalue weighted by Gasteiger charge is -2.22. The van der Waals surface area contributed by atoms with Gasteiger partial charge in [0.15, 0.2) is 0 Å². The zero-order valence-electron chi connectivity index (χ0n) is 10.6. The molecule has 0 saturated carbocycles. The Bertz CT molecular complexity index is 559. The standard InChI is InChI=1S/C15H18N2O/c1-11-4-3-7-17-14(11)10-16-15(17)9-12-5-2-6-13(18)8-12/h2,5-6,8,10-11,18H,3-4,7,9H2,1H3. The molecule has 0 radical (unpaired) electrons. The second-order valence-corrected chi connectivity index (χ2v) is 5.14. The fourth-order valence-electron chi connectivity index (χ4n) is 2.77. The van der Waals surface area contributed by atoms with E-state index < -0.39 is 0 Å². The first kappa shape index (κ1) is 11.3. The monoisotopic (exact) mass is 242 g/mol.